The van der Waals surface area contributed by atoms with Gasteiger partial charge in [0.2, 0.25) is 11.8 Å². The monoisotopic (exact) mass is 410 g/mol. The first-order valence-corrected chi connectivity index (χ1v) is 10.6. The van der Waals surface area contributed by atoms with E-state index in [2.05, 4.69) is 34.6 Å². The summed E-state index contributed by atoms with van der Waals surface area (Å²) in [5.74, 6) is 0.664. The summed E-state index contributed by atoms with van der Waals surface area (Å²) in [6, 6.07) is 28.4. The van der Waals surface area contributed by atoms with Gasteiger partial charge in [-0.3, -0.25) is 4.79 Å². The lowest BCUT2D eigenvalue weighted by Gasteiger charge is -2.17. The second kappa shape index (κ2) is 9.90. The Hall–Kier alpha value is -3.66. The van der Waals surface area contributed by atoms with Gasteiger partial charge in [0.05, 0.1) is 5.69 Å². The molecule has 0 atom stereocenters. The summed E-state index contributed by atoms with van der Waals surface area (Å²) in [7, 11) is 0. The van der Waals surface area contributed by atoms with E-state index < -0.39 is 0 Å². The van der Waals surface area contributed by atoms with Gasteiger partial charge in [0.15, 0.2) is 0 Å². The number of hydrogen-bond donors (Lipinski definition) is 1. The predicted octanol–water partition coefficient (Wildman–Crippen LogP) is 5.53. The third kappa shape index (κ3) is 5.48. The van der Waals surface area contributed by atoms with Crippen LogP contribution in [0.5, 0.6) is 0 Å². The van der Waals surface area contributed by atoms with E-state index in [1.54, 1.807) is 6.26 Å². The minimum atomic E-state index is 0.0277. The third-order valence-corrected chi connectivity index (χ3v) is 5.35. The van der Waals surface area contributed by atoms with Crippen molar-refractivity contribution in [3.8, 4) is 11.5 Å². The Kier molecular flexibility index (Phi) is 6.58. The zero-order valence-corrected chi connectivity index (χ0v) is 17.6. The molecule has 1 N–H and O–H groups in total. The molecule has 3 aromatic carbocycles. The highest BCUT2D eigenvalue weighted by Gasteiger charge is 2.18. The van der Waals surface area contributed by atoms with Gasteiger partial charge in [-0.1, -0.05) is 78.4 Å². The highest BCUT2D eigenvalue weighted by molar-refractivity contribution is 5.77. The Morgan fingerprint density at radius 1 is 0.903 bits per heavy atom. The van der Waals surface area contributed by atoms with E-state index in [1.165, 1.54) is 5.56 Å². The molecule has 0 saturated heterocycles. The molecule has 0 fully saturated rings. The number of hydrogen-bond acceptors (Lipinski definition) is 3. The number of carbonyl (C=O) groups is 1. The molecule has 0 unspecified atom stereocenters. The molecule has 4 heteroatoms. The van der Waals surface area contributed by atoms with Crippen molar-refractivity contribution in [3.05, 3.63) is 114 Å². The maximum atomic E-state index is 12.7. The zero-order valence-electron chi connectivity index (χ0n) is 17.6. The summed E-state index contributed by atoms with van der Waals surface area (Å²) >= 11 is 0. The number of aromatic nitrogens is 1. The van der Waals surface area contributed by atoms with E-state index in [4.69, 9.17) is 4.42 Å². The summed E-state index contributed by atoms with van der Waals surface area (Å²) in [5.41, 5.74) is 5.27. The van der Waals surface area contributed by atoms with Gasteiger partial charge in [0.25, 0.3) is 0 Å². The maximum Gasteiger partial charge on any atom is 0.226 e. The molecule has 4 nitrogen and oxygen atoms in total. The average molecular weight is 411 g/mol. The van der Waals surface area contributed by atoms with Gasteiger partial charge in [-0.15, -0.1) is 0 Å². The van der Waals surface area contributed by atoms with Gasteiger partial charge < -0.3 is 9.73 Å². The maximum absolute atomic E-state index is 12.7. The molecule has 0 spiro atoms. The third-order valence-electron chi connectivity index (χ3n) is 5.35. The van der Waals surface area contributed by atoms with Crippen molar-refractivity contribution in [2.45, 2.75) is 25.7 Å². The number of oxazole rings is 1. The Morgan fingerprint density at radius 3 is 2.13 bits per heavy atom. The van der Waals surface area contributed by atoms with Crippen molar-refractivity contribution in [2.75, 3.05) is 6.54 Å². The number of benzene rings is 3. The van der Waals surface area contributed by atoms with Crippen LogP contribution in [0.2, 0.25) is 0 Å². The summed E-state index contributed by atoms with van der Waals surface area (Å²) < 4.78 is 5.60. The molecule has 0 radical (unpaired) electrons. The van der Waals surface area contributed by atoms with Gasteiger partial charge in [-0.25, -0.2) is 4.98 Å². The molecule has 156 valence electrons. The number of nitrogens with one attached hydrogen (secondary N) is 1. The van der Waals surface area contributed by atoms with E-state index >= 15 is 0 Å². The summed E-state index contributed by atoms with van der Waals surface area (Å²) in [4.78, 5) is 17.2. The molecule has 4 aromatic rings. The molecular weight excluding hydrogens is 384 g/mol. The van der Waals surface area contributed by atoms with Crippen LogP contribution in [-0.2, 0) is 11.2 Å². The standard InChI is InChI=1S/C27H26N2O2/c1-20-12-14-23(15-13-20)27-29-24(19-31-27)16-17-28-26(30)18-25(21-8-4-2-5-9-21)22-10-6-3-7-11-22/h2-15,19,25H,16-18H2,1H3,(H,28,30). The lowest BCUT2D eigenvalue weighted by molar-refractivity contribution is -0.121. The first kappa shape index (κ1) is 20.6. The lowest BCUT2D eigenvalue weighted by atomic mass is 9.88. The van der Waals surface area contributed by atoms with Crippen LogP contribution in [0.1, 0.15) is 34.7 Å². The second-order valence-electron chi connectivity index (χ2n) is 7.69. The van der Waals surface area contributed by atoms with Crippen LogP contribution in [0.4, 0.5) is 0 Å². The Labute approximate surface area is 183 Å². The smallest absolute Gasteiger partial charge is 0.226 e. The van der Waals surface area contributed by atoms with Gasteiger partial charge in [-0.05, 0) is 30.2 Å². The zero-order chi connectivity index (χ0) is 21.5. The van der Waals surface area contributed by atoms with Crippen molar-refractivity contribution in [3.63, 3.8) is 0 Å². The number of aryl methyl sites for hydroxylation is 1. The van der Waals surface area contributed by atoms with Crippen LogP contribution in [-0.4, -0.2) is 17.4 Å². The van der Waals surface area contributed by atoms with Gasteiger partial charge in [0, 0.05) is 30.9 Å². The molecule has 0 saturated carbocycles. The molecule has 31 heavy (non-hydrogen) atoms. The lowest BCUT2D eigenvalue weighted by Crippen LogP contribution is -2.27. The van der Waals surface area contributed by atoms with E-state index in [9.17, 15) is 4.79 Å². The molecule has 0 aliphatic heterocycles. The Balaban J connectivity index is 1.34. The number of nitrogens with zero attached hydrogens (tertiary/aromatic N) is 1. The van der Waals surface area contributed by atoms with Gasteiger partial charge >= 0.3 is 0 Å². The molecule has 1 aromatic heterocycles. The largest absolute Gasteiger partial charge is 0.444 e. The molecule has 1 heterocycles. The second-order valence-corrected chi connectivity index (χ2v) is 7.69. The summed E-state index contributed by atoms with van der Waals surface area (Å²) in [6.45, 7) is 2.57. The van der Waals surface area contributed by atoms with Crippen molar-refractivity contribution in [1.29, 1.82) is 0 Å². The molecule has 4 rings (SSSR count). The van der Waals surface area contributed by atoms with Crippen molar-refractivity contribution in [1.82, 2.24) is 10.3 Å². The quantitative estimate of drug-likeness (QED) is 0.415. The molecule has 0 aliphatic carbocycles. The highest BCUT2D eigenvalue weighted by atomic mass is 16.3. The van der Waals surface area contributed by atoms with Crippen molar-refractivity contribution >= 4 is 5.91 Å². The first-order chi connectivity index (χ1) is 15.2. The average Bonchev–Trinajstić information content (AvgIpc) is 3.28. The van der Waals surface area contributed by atoms with Crippen LogP contribution in [0.3, 0.4) is 0 Å². The van der Waals surface area contributed by atoms with E-state index in [-0.39, 0.29) is 11.8 Å². The van der Waals surface area contributed by atoms with Gasteiger partial charge in [0.1, 0.15) is 6.26 Å². The number of rotatable bonds is 8. The summed E-state index contributed by atoms with van der Waals surface area (Å²) in [6.07, 6.45) is 2.70. The highest BCUT2D eigenvalue weighted by Crippen LogP contribution is 2.27. The van der Waals surface area contributed by atoms with Crippen molar-refractivity contribution < 1.29 is 9.21 Å². The topological polar surface area (TPSA) is 55.1 Å². The fourth-order valence-electron chi connectivity index (χ4n) is 3.64. The van der Waals surface area contributed by atoms with E-state index in [0.29, 0.717) is 25.3 Å². The van der Waals surface area contributed by atoms with Crippen LogP contribution in [0.25, 0.3) is 11.5 Å². The molecular formula is C27H26N2O2. The molecule has 1 amide bonds. The Bertz CT molecular complexity index is 1060. The fraction of sp³-hybridized carbons (Fsp3) is 0.185. The molecule has 0 aliphatic rings. The normalized spacial score (nSPS) is 10.9. The molecule has 0 bridgehead atoms. The van der Waals surface area contributed by atoms with Crippen LogP contribution in [0.15, 0.2) is 95.6 Å². The summed E-state index contributed by atoms with van der Waals surface area (Å²) in [5, 5.41) is 3.04. The predicted molar refractivity (Wildman–Crippen MR) is 123 cm³/mol. The van der Waals surface area contributed by atoms with Crippen LogP contribution < -0.4 is 5.32 Å². The van der Waals surface area contributed by atoms with E-state index in [0.717, 1.165) is 22.4 Å². The van der Waals surface area contributed by atoms with E-state index in [1.807, 2.05) is 67.6 Å². The number of carbonyl (C=O) groups excluding carboxylic acids is 1. The minimum Gasteiger partial charge on any atom is -0.444 e. The Morgan fingerprint density at radius 2 is 1.52 bits per heavy atom. The first-order valence-electron chi connectivity index (χ1n) is 10.6. The van der Waals surface area contributed by atoms with Crippen LogP contribution in [0, 0.1) is 6.92 Å². The van der Waals surface area contributed by atoms with Gasteiger partial charge in [-0.2, -0.15) is 0 Å². The number of amides is 1. The van der Waals surface area contributed by atoms with Crippen molar-refractivity contribution in [2.24, 2.45) is 0 Å². The fourth-order valence-corrected chi connectivity index (χ4v) is 3.64. The SMILES string of the molecule is Cc1ccc(-c2nc(CCNC(=O)CC(c3ccccc3)c3ccccc3)co2)cc1. The minimum absolute atomic E-state index is 0.0277. The van der Waals surface area contributed by atoms with Crippen LogP contribution >= 0.6 is 0 Å².